The summed E-state index contributed by atoms with van der Waals surface area (Å²) in [7, 11) is 0. The molecule has 1 nitrogen and oxygen atoms in total. The van der Waals surface area contributed by atoms with E-state index >= 15 is 0 Å². The van der Waals surface area contributed by atoms with Crippen LogP contribution in [-0.4, -0.2) is 5.16 Å². The van der Waals surface area contributed by atoms with Crippen molar-refractivity contribution in [3.05, 3.63) is 99.6 Å². The summed E-state index contributed by atoms with van der Waals surface area (Å²) in [5.74, 6) is 17.0. The van der Waals surface area contributed by atoms with Gasteiger partial charge in [-0.3, -0.25) is 0 Å². The van der Waals surface area contributed by atoms with E-state index in [-0.39, 0.29) is 5.56 Å². The molecule has 0 heterocycles. The van der Waals surface area contributed by atoms with Gasteiger partial charge in [0.25, 0.3) is 0 Å². The summed E-state index contributed by atoms with van der Waals surface area (Å²) in [5.41, 5.74) is 4.37. The van der Waals surface area contributed by atoms with Crippen molar-refractivity contribution in [2.45, 2.75) is 46.0 Å². The third kappa shape index (κ3) is 7.77. The lowest BCUT2D eigenvalue weighted by Gasteiger charge is -2.02. The molecule has 3 rings (SSSR count). The second-order valence-electron chi connectivity index (χ2n) is 8.05. The van der Waals surface area contributed by atoms with Gasteiger partial charge >= 0.3 is 0 Å². The monoisotopic (exact) mass is 493 g/mol. The van der Waals surface area contributed by atoms with Crippen LogP contribution in [0.2, 0.25) is 0 Å². The second kappa shape index (κ2) is 13.8. The normalized spacial score (nSPS) is 9.56. The molecular formula is C32H25F2NS. The predicted molar refractivity (Wildman–Crippen MR) is 146 cm³/mol. The number of nitrogens with zero attached hydrogens (tertiary/aromatic N) is 1. The maximum atomic E-state index is 14.0. The van der Waals surface area contributed by atoms with Crippen LogP contribution in [0.3, 0.4) is 0 Å². The molecule has 0 saturated heterocycles. The Labute approximate surface area is 217 Å². The fourth-order valence-electron chi connectivity index (χ4n) is 3.42. The first-order chi connectivity index (χ1) is 17.5. The van der Waals surface area contributed by atoms with Gasteiger partial charge < -0.3 is 0 Å². The molecule has 0 saturated carbocycles. The smallest absolute Gasteiger partial charge is 0.153 e. The molecule has 3 aromatic rings. The van der Waals surface area contributed by atoms with Gasteiger partial charge in [0, 0.05) is 34.2 Å². The molecule has 4 heteroatoms. The van der Waals surface area contributed by atoms with E-state index in [4.69, 9.17) is 0 Å². The zero-order valence-corrected chi connectivity index (χ0v) is 21.2. The summed E-state index contributed by atoms with van der Waals surface area (Å²) in [5, 5.41) is 1.97. The highest BCUT2D eigenvalue weighted by Crippen LogP contribution is 2.23. The van der Waals surface area contributed by atoms with E-state index < -0.39 is 17.3 Å². The quantitative estimate of drug-likeness (QED) is 0.152. The van der Waals surface area contributed by atoms with Gasteiger partial charge in [0.2, 0.25) is 0 Å². The van der Waals surface area contributed by atoms with E-state index in [1.807, 2.05) is 54.5 Å². The van der Waals surface area contributed by atoms with Crippen LogP contribution in [-0.2, 0) is 6.42 Å². The van der Waals surface area contributed by atoms with E-state index in [9.17, 15) is 8.78 Å². The van der Waals surface area contributed by atoms with Gasteiger partial charge in [-0.1, -0.05) is 62.2 Å². The number of rotatable bonds is 5. The molecule has 0 aliphatic carbocycles. The van der Waals surface area contributed by atoms with Gasteiger partial charge in [0.1, 0.15) is 5.69 Å². The molecule has 0 amide bonds. The van der Waals surface area contributed by atoms with E-state index in [0.717, 1.165) is 59.2 Å². The molecule has 0 aromatic heterocycles. The molecule has 3 aromatic carbocycles. The molecule has 0 radical (unpaired) electrons. The minimum atomic E-state index is -0.830. The lowest BCUT2D eigenvalue weighted by Crippen LogP contribution is -1.90. The Morgan fingerprint density at radius 3 is 1.97 bits per heavy atom. The lowest BCUT2D eigenvalue weighted by atomic mass is 10.0. The molecule has 0 atom stereocenters. The highest BCUT2D eigenvalue weighted by Gasteiger charge is 2.09. The average Bonchev–Trinajstić information content (AvgIpc) is 2.89. The third-order valence-electron chi connectivity index (χ3n) is 5.38. The molecule has 0 fully saturated rings. The van der Waals surface area contributed by atoms with Crippen molar-refractivity contribution >= 4 is 23.1 Å². The Morgan fingerprint density at radius 2 is 1.33 bits per heavy atom. The lowest BCUT2D eigenvalue weighted by molar-refractivity contribution is 0.587. The van der Waals surface area contributed by atoms with Crippen LogP contribution in [0.25, 0.3) is 0 Å². The van der Waals surface area contributed by atoms with Gasteiger partial charge in [0.05, 0.1) is 5.16 Å². The number of aliphatic imine (C=N–C) groups is 1. The number of halogens is 2. The minimum absolute atomic E-state index is 0.212. The minimum Gasteiger partial charge on any atom is -0.204 e. The fourth-order valence-corrected chi connectivity index (χ4v) is 3.52. The van der Waals surface area contributed by atoms with Crippen molar-refractivity contribution in [3.63, 3.8) is 0 Å². The van der Waals surface area contributed by atoms with Crippen molar-refractivity contribution in [3.8, 4) is 35.5 Å². The Hall–Kier alpha value is -4.00. The van der Waals surface area contributed by atoms with E-state index in [1.165, 1.54) is 12.8 Å². The van der Waals surface area contributed by atoms with Crippen molar-refractivity contribution in [2.24, 2.45) is 4.99 Å². The summed E-state index contributed by atoms with van der Waals surface area (Å²) in [6, 6.07) is 15.9. The fraction of sp³-hybridized carbons (Fsp3) is 0.219. The van der Waals surface area contributed by atoms with Gasteiger partial charge in [-0.2, -0.15) is 4.99 Å². The van der Waals surface area contributed by atoms with Crippen LogP contribution in [0.15, 0.2) is 59.6 Å². The Bertz CT molecular complexity index is 1440. The Kier molecular flexibility index (Phi) is 10.2. The van der Waals surface area contributed by atoms with Crippen LogP contribution >= 0.6 is 12.2 Å². The Balaban J connectivity index is 1.74. The summed E-state index contributed by atoms with van der Waals surface area (Å²) >= 11 is 4.42. The van der Waals surface area contributed by atoms with Crippen molar-refractivity contribution in [1.29, 1.82) is 0 Å². The molecule has 178 valence electrons. The van der Waals surface area contributed by atoms with Gasteiger partial charge in [-0.15, -0.1) is 0 Å². The zero-order chi connectivity index (χ0) is 25.8. The standard InChI is InChI=1S/C32H25F2NS/c1-3-5-6-7-8-9-24-10-12-25(13-11-24)16-18-29-19-17-26(20-28(29)4-2)14-15-27-21-30(33)32(35-23-36)31(34)22-27/h10-13,17,19-22H,3-7H2,1-2H3. The maximum Gasteiger partial charge on any atom is 0.153 e. The molecule has 0 unspecified atom stereocenters. The van der Waals surface area contributed by atoms with Crippen molar-refractivity contribution in [2.75, 3.05) is 0 Å². The van der Waals surface area contributed by atoms with E-state index in [1.54, 1.807) is 0 Å². The molecule has 0 spiro atoms. The summed E-state index contributed by atoms with van der Waals surface area (Å²) in [6.45, 7) is 4.24. The highest BCUT2D eigenvalue weighted by atomic mass is 32.1. The van der Waals surface area contributed by atoms with Crippen LogP contribution in [0, 0.1) is 47.2 Å². The van der Waals surface area contributed by atoms with E-state index in [0.29, 0.717) is 0 Å². The first-order valence-corrected chi connectivity index (χ1v) is 12.3. The molecule has 0 bridgehead atoms. The molecule has 0 N–H and O–H groups in total. The average molecular weight is 494 g/mol. The number of hydrogen-bond acceptors (Lipinski definition) is 2. The number of benzene rings is 3. The van der Waals surface area contributed by atoms with E-state index in [2.05, 4.69) is 59.7 Å². The van der Waals surface area contributed by atoms with Crippen LogP contribution in [0.4, 0.5) is 14.5 Å². The first kappa shape index (κ1) is 26.6. The Morgan fingerprint density at radius 1 is 0.722 bits per heavy atom. The molecule has 0 aliphatic rings. The summed E-state index contributed by atoms with van der Waals surface area (Å²) in [4.78, 5) is 3.41. The summed E-state index contributed by atoms with van der Waals surface area (Å²) in [6.07, 6.45) is 5.27. The maximum absolute atomic E-state index is 14.0. The molecular weight excluding hydrogens is 468 g/mol. The number of thiocarbonyl (C=S) groups is 1. The zero-order valence-electron chi connectivity index (χ0n) is 20.3. The number of isothiocyanates is 1. The number of unbranched alkanes of at least 4 members (excludes halogenated alkanes) is 3. The number of aryl methyl sites for hydroxylation is 1. The molecule has 36 heavy (non-hydrogen) atoms. The first-order valence-electron chi connectivity index (χ1n) is 11.9. The SMILES string of the molecule is CCCCCC#Cc1ccc(C#Cc2ccc(C#Cc3cc(F)c(N=C=S)c(F)c3)cc2CC)cc1. The summed E-state index contributed by atoms with van der Waals surface area (Å²) < 4.78 is 28.1. The highest BCUT2D eigenvalue weighted by molar-refractivity contribution is 7.78. The van der Waals surface area contributed by atoms with Gasteiger partial charge in [-0.25, -0.2) is 8.78 Å². The number of hydrogen-bond donors (Lipinski definition) is 0. The predicted octanol–water partition coefficient (Wildman–Crippen LogP) is 7.99. The third-order valence-corrected chi connectivity index (χ3v) is 5.47. The van der Waals surface area contributed by atoms with Crippen molar-refractivity contribution < 1.29 is 8.78 Å². The molecule has 0 aliphatic heterocycles. The van der Waals surface area contributed by atoms with Crippen molar-refractivity contribution in [1.82, 2.24) is 0 Å². The van der Waals surface area contributed by atoms with Crippen LogP contribution in [0.1, 0.15) is 72.9 Å². The largest absolute Gasteiger partial charge is 0.204 e. The van der Waals surface area contributed by atoms with Crippen LogP contribution in [0.5, 0.6) is 0 Å². The van der Waals surface area contributed by atoms with Crippen LogP contribution < -0.4 is 0 Å². The topological polar surface area (TPSA) is 12.4 Å². The second-order valence-corrected chi connectivity index (χ2v) is 8.24. The van der Waals surface area contributed by atoms with Gasteiger partial charge in [-0.05, 0) is 85.2 Å². The van der Waals surface area contributed by atoms with Gasteiger partial charge in [0.15, 0.2) is 11.6 Å².